The second-order valence-corrected chi connectivity index (χ2v) is 7.03. The van der Waals surface area contributed by atoms with E-state index in [1.807, 2.05) is 42.5 Å². The normalized spacial score (nSPS) is 14.4. The molecule has 0 spiro atoms. The Bertz CT molecular complexity index is 699. The zero-order chi connectivity index (χ0) is 21.5. The number of carboxylic acids is 1. The SMILES string of the molecule is NC1CCCCC1.NCC[C@H](N)C(=O)O.O=Cc1ccc(-c2ccccc2)cc1. The zero-order valence-electron chi connectivity index (χ0n) is 16.9. The van der Waals surface area contributed by atoms with E-state index in [4.69, 9.17) is 22.3 Å². The summed E-state index contributed by atoms with van der Waals surface area (Å²) >= 11 is 0. The van der Waals surface area contributed by atoms with Gasteiger partial charge in [0.1, 0.15) is 12.3 Å². The molecule has 7 N–H and O–H groups in total. The maximum atomic E-state index is 10.5. The predicted molar refractivity (Wildman–Crippen MR) is 118 cm³/mol. The lowest BCUT2D eigenvalue weighted by atomic mass is 9.97. The number of nitrogens with two attached hydrogens (primary N) is 3. The fourth-order valence-electron chi connectivity index (χ4n) is 2.82. The number of aldehydes is 1. The van der Waals surface area contributed by atoms with Gasteiger partial charge in [0.25, 0.3) is 0 Å². The minimum absolute atomic E-state index is 0.327. The van der Waals surface area contributed by atoms with E-state index in [-0.39, 0.29) is 0 Å². The van der Waals surface area contributed by atoms with Crippen LogP contribution in [-0.2, 0) is 4.79 Å². The molecule has 2 aromatic carbocycles. The summed E-state index contributed by atoms with van der Waals surface area (Å²) in [5.41, 5.74) is 18.7. The van der Waals surface area contributed by atoms with Crippen molar-refractivity contribution in [3.8, 4) is 11.1 Å². The van der Waals surface area contributed by atoms with Gasteiger partial charge in [-0.2, -0.15) is 0 Å². The van der Waals surface area contributed by atoms with E-state index in [0.29, 0.717) is 24.6 Å². The molecule has 2 aromatic rings. The smallest absolute Gasteiger partial charge is 0.320 e. The van der Waals surface area contributed by atoms with Gasteiger partial charge in [0, 0.05) is 11.6 Å². The van der Waals surface area contributed by atoms with Gasteiger partial charge < -0.3 is 22.3 Å². The largest absolute Gasteiger partial charge is 0.480 e. The van der Waals surface area contributed by atoms with Gasteiger partial charge in [-0.15, -0.1) is 0 Å². The van der Waals surface area contributed by atoms with E-state index in [9.17, 15) is 9.59 Å². The van der Waals surface area contributed by atoms with Crippen LogP contribution in [0.1, 0.15) is 48.9 Å². The van der Waals surface area contributed by atoms with Crippen LogP contribution in [0.3, 0.4) is 0 Å². The van der Waals surface area contributed by atoms with Crippen LogP contribution in [0.25, 0.3) is 11.1 Å². The highest BCUT2D eigenvalue weighted by molar-refractivity contribution is 5.76. The molecule has 1 fully saturated rings. The molecule has 29 heavy (non-hydrogen) atoms. The zero-order valence-corrected chi connectivity index (χ0v) is 16.9. The van der Waals surface area contributed by atoms with Gasteiger partial charge in [-0.05, 0) is 36.9 Å². The Hall–Kier alpha value is -2.54. The summed E-state index contributed by atoms with van der Waals surface area (Å²) in [7, 11) is 0. The van der Waals surface area contributed by atoms with E-state index in [2.05, 4.69) is 12.1 Å². The average Bonchev–Trinajstić information content (AvgIpc) is 2.76. The van der Waals surface area contributed by atoms with Crippen LogP contribution >= 0.6 is 0 Å². The average molecular weight is 400 g/mol. The second kappa shape index (κ2) is 14.5. The van der Waals surface area contributed by atoms with E-state index in [1.54, 1.807) is 0 Å². The van der Waals surface area contributed by atoms with Crippen LogP contribution in [0.4, 0.5) is 0 Å². The molecule has 0 aliphatic heterocycles. The number of hydrogen-bond donors (Lipinski definition) is 4. The minimum atomic E-state index is -0.990. The van der Waals surface area contributed by atoms with Crippen molar-refractivity contribution < 1.29 is 14.7 Å². The van der Waals surface area contributed by atoms with E-state index >= 15 is 0 Å². The Balaban J connectivity index is 0.000000239. The number of carbonyl (C=O) groups excluding carboxylic acids is 1. The first-order valence-electron chi connectivity index (χ1n) is 10.0. The highest BCUT2D eigenvalue weighted by Gasteiger charge is 2.08. The summed E-state index contributed by atoms with van der Waals surface area (Å²) in [6.45, 7) is 0.327. The summed E-state index contributed by atoms with van der Waals surface area (Å²) in [6, 6.07) is 17.4. The molecule has 158 valence electrons. The van der Waals surface area contributed by atoms with Crippen molar-refractivity contribution in [2.75, 3.05) is 6.54 Å². The van der Waals surface area contributed by atoms with Crippen molar-refractivity contribution in [1.29, 1.82) is 0 Å². The quantitative estimate of drug-likeness (QED) is 0.571. The van der Waals surface area contributed by atoms with E-state index < -0.39 is 12.0 Å². The summed E-state index contributed by atoms with van der Waals surface area (Å²) in [5.74, 6) is -0.990. The van der Waals surface area contributed by atoms with Gasteiger partial charge in [0.05, 0.1) is 0 Å². The number of carboxylic acid groups (broad SMARTS) is 1. The third-order valence-electron chi connectivity index (χ3n) is 4.60. The number of hydrogen-bond acceptors (Lipinski definition) is 5. The lowest BCUT2D eigenvalue weighted by Crippen LogP contribution is -2.32. The molecule has 0 saturated heterocycles. The lowest BCUT2D eigenvalue weighted by molar-refractivity contribution is -0.138. The summed E-state index contributed by atoms with van der Waals surface area (Å²) in [5, 5.41) is 8.13. The Labute approximate surface area is 173 Å². The van der Waals surface area contributed by atoms with Crippen molar-refractivity contribution in [3.63, 3.8) is 0 Å². The number of carbonyl (C=O) groups is 2. The van der Waals surface area contributed by atoms with Crippen molar-refractivity contribution in [2.45, 2.75) is 50.6 Å². The molecule has 0 amide bonds. The van der Waals surface area contributed by atoms with Gasteiger partial charge in [0.15, 0.2) is 0 Å². The molecule has 1 aliphatic rings. The first kappa shape index (κ1) is 24.5. The Morgan fingerprint density at radius 1 is 1.00 bits per heavy atom. The van der Waals surface area contributed by atoms with Gasteiger partial charge in [0.2, 0.25) is 0 Å². The fourth-order valence-corrected chi connectivity index (χ4v) is 2.82. The summed E-state index contributed by atoms with van der Waals surface area (Å²) < 4.78 is 0. The molecule has 0 aromatic heterocycles. The highest BCUT2D eigenvalue weighted by atomic mass is 16.4. The molecule has 1 aliphatic carbocycles. The molecular weight excluding hydrogens is 366 g/mol. The van der Waals surface area contributed by atoms with Crippen molar-refractivity contribution in [2.24, 2.45) is 17.2 Å². The van der Waals surface area contributed by atoms with Gasteiger partial charge in [-0.3, -0.25) is 9.59 Å². The standard InChI is InChI=1S/C13H10O.C6H13N.C4H10N2O2/c14-10-11-6-8-13(9-7-11)12-4-2-1-3-5-12;7-6-4-2-1-3-5-6;5-2-1-3(6)4(7)8/h1-10H;6H,1-5,7H2;3H,1-2,5-6H2,(H,7,8)/t;;3-/m..0/s1. The molecule has 0 unspecified atom stereocenters. The van der Waals surface area contributed by atoms with Gasteiger partial charge in [-0.1, -0.05) is 73.9 Å². The van der Waals surface area contributed by atoms with Gasteiger partial charge >= 0.3 is 5.97 Å². The lowest BCUT2D eigenvalue weighted by Gasteiger charge is -2.15. The summed E-state index contributed by atoms with van der Waals surface area (Å²) in [6.07, 6.45) is 7.86. The van der Waals surface area contributed by atoms with Crippen molar-refractivity contribution >= 4 is 12.3 Å². The molecular formula is C23H33N3O3. The number of benzene rings is 2. The molecule has 0 radical (unpaired) electrons. The molecule has 3 rings (SSSR count). The maximum absolute atomic E-state index is 10.5. The van der Waals surface area contributed by atoms with Crippen LogP contribution in [0, 0.1) is 0 Å². The Morgan fingerprint density at radius 2 is 1.55 bits per heavy atom. The van der Waals surface area contributed by atoms with E-state index in [0.717, 1.165) is 11.8 Å². The first-order valence-corrected chi connectivity index (χ1v) is 10.0. The second-order valence-electron chi connectivity index (χ2n) is 7.03. The van der Waals surface area contributed by atoms with Crippen LogP contribution in [0.15, 0.2) is 54.6 Å². The number of aliphatic carboxylic acids is 1. The molecule has 1 atom stereocenters. The fraction of sp³-hybridized carbons (Fsp3) is 0.391. The van der Waals surface area contributed by atoms with Crippen LogP contribution in [-0.4, -0.2) is 36.0 Å². The molecule has 6 heteroatoms. The predicted octanol–water partition coefficient (Wildman–Crippen LogP) is 3.19. The third kappa shape index (κ3) is 10.5. The molecule has 0 heterocycles. The first-order chi connectivity index (χ1) is 14.0. The van der Waals surface area contributed by atoms with Crippen LogP contribution < -0.4 is 17.2 Å². The highest BCUT2D eigenvalue weighted by Crippen LogP contribution is 2.18. The Kier molecular flexibility index (Phi) is 12.2. The molecule has 6 nitrogen and oxygen atoms in total. The number of rotatable bonds is 5. The molecule has 0 bridgehead atoms. The van der Waals surface area contributed by atoms with Crippen molar-refractivity contribution in [1.82, 2.24) is 0 Å². The monoisotopic (exact) mass is 399 g/mol. The summed E-state index contributed by atoms with van der Waals surface area (Å²) in [4.78, 5) is 20.4. The maximum Gasteiger partial charge on any atom is 0.320 e. The minimum Gasteiger partial charge on any atom is -0.480 e. The third-order valence-corrected chi connectivity index (χ3v) is 4.60. The van der Waals surface area contributed by atoms with Gasteiger partial charge in [-0.25, -0.2) is 0 Å². The molecule has 1 saturated carbocycles. The van der Waals surface area contributed by atoms with Crippen molar-refractivity contribution in [3.05, 3.63) is 60.2 Å². The topological polar surface area (TPSA) is 132 Å². The van der Waals surface area contributed by atoms with Crippen LogP contribution in [0.2, 0.25) is 0 Å². The van der Waals surface area contributed by atoms with Crippen LogP contribution in [0.5, 0.6) is 0 Å². The Morgan fingerprint density at radius 3 is 1.93 bits per heavy atom. The van der Waals surface area contributed by atoms with E-state index in [1.165, 1.54) is 37.7 Å².